The summed E-state index contributed by atoms with van der Waals surface area (Å²) in [5.41, 5.74) is 3.32. The van der Waals surface area contributed by atoms with Crippen molar-refractivity contribution in [3.05, 3.63) is 56.0 Å². The molecular formula is C14H9BrClFN2S. The van der Waals surface area contributed by atoms with E-state index < -0.39 is 5.82 Å². The van der Waals surface area contributed by atoms with E-state index in [0.717, 1.165) is 15.7 Å². The monoisotopic (exact) mass is 370 g/mol. The lowest BCUT2D eigenvalue weighted by Gasteiger charge is -2.09. The fourth-order valence-corrected chi connectivity index (χ4v) is 2.98. The Hall–Kier alpha value is -1.17. The van der Waals surface area contributed by atoms with E-state index >= 15 is 0 Å². The highest BCUT2D eigenvalue weighted by molar-refractivity contribution is 9.10. The third-order valence-electron chi connectivity index (χ3n) is 3.14. The highest BCUT2D eigenvalue weighted by Gasteiger charge is 2.12. The summed E-state index contributed by atoms with van der Waals surface area (Å²) in [7, 11) is 0. The number of hydrogen-bond donors (Lipinski definition) is 1. The maximum absolute atomic E-state index is 13.7. The van der Waals surface area contributed by atoms with Gasteiger partial charge in [-0.05, 0) is 42.9 Å². The van der Waals surface area contributed by atoms with Crippen molar-refractivity contribution in [3.8, 4) is 5.69 Å². The smallest absolute Gasteiger partial charge is 0.182 e. The van der Waals surface area contributed by atoms with Crippen LogP contribution in [0.25, 0.3) is 16.7 Å². The molecule has 0 aliphatic rings. The first-order chi connectivity index (χ1) is 9.47. The molecule has 102 valence electrons. The van der Waals surface area contributed by atoms with Crippen LogP contribution in [0.2, 0.25) is 5.02 Å². The van der Waals surface area contributed by atoms with Crippen LogP contribution in [-0.4, -0.2) is 9.55 Å². The van der Waals surface area contributed by atoms with Gasteiger partial charge in [0, 0.05) is 10.5 Å². The molecule has 0 bridgehead atoms. The van der Waals surface area contributed by atoms with E-state index in [1.807, 2.05) is 29.7 Å². The highest BCUT2D eigenvalue weighted by Crippen LogP contribution is 2.28. The van der Waals surface area contributed by atoms with E-state index in [-0.39, 0.29) is 5.02 Å². The van der Waals surface area contributed by atoms with Crippen molar-refractivity contribution >= 4 is 50.8 Å². The van der Waals surface area contributed by atoms with Crippen LogP contribution in [0.4, 0.5) is 4.39 Å². The predicted molar refractivity (Wildman–Crippen MR) is 85.9 cm³/mol. The lowest BCUT2D eigenvalue weighted by atomic mass is 10.2. The molecule has 0 atom stereocenters. The third kappa shape index (κ3) is 2.20. The number of aryl methyl sites for hydroxylation is 1. The lowest BCUT2D eigenvalue weighted by Crippen LogP contribution is -1.97. The zero-order chi connectivity index (χ0) is 14.4. The van der Waals surface area contributed by atoms with Gasteiger partial charge in [0.05, 0.1) is 21.7 Å². The van der Waals surface area contributed by atoms with Crippen LogP contribution in [0.3, 0.4) is 0 Å². The SMILES string of the molecule is Cc1ccc(Br)cc1-n1c(=S)[nH]c2cc(Cl)c(F)cc21. The van der Waals surface area contributed by atoms with Crippen molar-refractivity contribution in [3.63, 3.8) is 0 Å². The molecule has 2 aromatic carbocycles. The minimum Gasteiger partial charge on any atom is -0.330 e. The molecule has 3 rings (SSSR count). The van der Waals surface area contributed by atoms with Crippen LogP contribution in [-0.2, 0) is 0 Å². The first kappa shape index (κ1) is 13.8. The molecule has 0 fully saturated rings. The van der Waals surface area contributed by atoms with Crippen LogP contribution in [0.15, 0.2) is 34.8 Å². The van der Waals surface area contributed by atoms with Crippen molar-refractivity contribution in [1.82, 2.24) is 9.55 Å². The van der Waals surface area contributed by atoms with Gasteiger partial charge < -0.3 is 4.98 Å². The Balaban J connectivity index is 2.42. The highest BCUT2D eigenvalue weighted by atomic mass is 79.9. The Bertz CT molecular complexity index is 885. The maximum atomic E-state index is 13.7. The van der Waals surface area contributed by atoms with E-state index in [9.17, 15) is 4.39 Å². The number of H-pyrrole nitrogens is 1. The number of aromatic amines is 1. The fourth-order valence-electron chi connectivity index (χ4n) is 2.16. The largest absolute Gasteiger partial charge is 0.330 e. The minimum absolute atomic E-state index is 0.0758. The molecule has 0 aliphatic carbocycles. The number of hydrogen-bond acceptors (Lipinski definition) is 1. The molecule has 1 aromatic heterocycles. The molecule has 2 nitrogen and oxygen atoms in total. The predicted octanol–water partition coefficient (Wildman–Crippen LogP) is 5.55. The van der Waals surface area contributed by atoms with Gasteiger partial charge in [-0.25, -0.2) is 4.39 Å². The number of aromatic nitrogens is 2. The van der Waals surface area contributed by atoms with Crippen molar-refractivity contribution in [1.29, 1.82) is 0 Å². The number of halogens is 3. The summed E-state index contributed by atoms with van der Waals surface area (Å²) in [5.74, 6) is -0.463. The van der Waals surface area contributed by atoms with Gasteiger partial charge in [0.25, 0.3) is 0 Å². The molecule has 0 amide bonds. The third-order valence-corrected chi connectivity index (χ3v) is 4.20. The number of benzene rings is 2. The molecule has 1 N–H and O–H groups in total. The van der Waals surface area contributed by atoms with Crippen molar-refractivity contribution in [2.45, 2.75) is 6.92 Å². The first-order valence-corrected chi connectivity index (χ1v) is 7.41. The molecule has 0 spiro atoms. The van der Waals surface area contributed by atoms with Gasteiger partial charge in [-0.2, -0.15) is 0 Å². The van der Waals surface area contributed by atoms with Gasteiger partial charge in [0.2, 0.25) is 0 Å². The molecule has 0 saturated heterocycles. The van der Waals surface area contributed by atoms with Crippen LogP contribution in [0, 0.1) is 17.5 Å². The number of fused-ring (bicyclic) bond motifs is 1. The zero-order valence-electron chi connectivity index (χ0n) is 10.4. The van der Waals surface area contributed by atoms with Crippen molar-refractivity contribution in [2.24, 2.45) is 0 Å². The molecule has 0 unspecified atom stereocenters. The fraction of sp³-hybridized carbons (Fsp3) is 0.0714. The van der Waals surface area contributed by atoms with E-state index in [1.165, 1.54) is 6.07 Å². The van der Waals surface area contributed by atoms with E-state index in [1.54, 1.807) is 6.07 Å². The summed E-state index contributed by atoms with van der Waals surface area (Å²) in [6.45, 7) is 1.98. The maximum Gasteiger partial charge on any atom is 0.182 e. The molecule has 0 aliphatic heterocycles. The van der Waals surface area contributed by atoms with Crippen molar-refractivity contribution < 1.29 is 4.39 Å². The second-order valence-corrected chi connectivity index (χ2v) is 6.19. The summed E-state index contributed by atoms with van der Waals surface area (Å²) in [6, 6.07) is 8.82. The molecular weight excluding hydrogens is 363 g/mol. The Kier molecular flexibility index (Phi) is 3.44. The van der Waals surface area contributed by atoms with E-state index in [0.29, 0.717) is 15.8 Å². The van der Waals surface area contributed by atoms with Crippen LogP contribution < -0.4 is 0 Å². The summed E-state index contributed by atoms with van der Waals surface area (Å²) in [5, 5.41) is 0.0758. The van der Waals surface area contributed by atoms with Crippen LogP contribution in [0.1, 0.15) is 5.56 Å². The van der Waals surface area contributed by atoms with Crippen molar-refractivity contribution in [2.75, 3.05) is 0 Å². The molecule has 0 saturated carbocycles. The second kappa shape index (κ2) is 4.98. The molecule has 3 aromatic rings. The Labute approximate surface area is 133 Å². The topological polar surface area (TPSA) is 20.7 Å². The van der Waals surface area contributed by atoms with Gasteiger partial charge in [0.1, 0.15) is 5.82 Å². The number of nitrogens with one attached hydrogen (secondary N) is 1. The average Bonchev–Trinajstić information content (AvgIpc) is 2.69. The van der Waals surface area contributed by atoms with Gasteiger partial charge >= 0.3 is 0 Å². The second-order valence-electron chi connectivity index (χ2n) is 4.48. The lowest BCUT2D eigenvalue weighted by molar-refractivity contribution is 0.629. The van der Waals surface area contributed by atoms with Gasteiger partial charge in [-0.15, -0.1) is 0 Å². The normalized spacial score (nSPS) is 11.2. The first-order valence-electron chi connectivity index (χ1n) is 5.83. The molecule has 1 heterocycles. The standard InChI is InChI=1S/C14H9BrClFN2S/c1-7-2-3-8(15)4-12(7)19-13-6-10(17)9(16)5-11(13)18-14(19)20/h2-6H,1H3,(H,18,20). The summed E-state index contributed by atoms with van der Waals surface area (Å²) in [4.78, 5) is 3.05. The summed E-state index contributed by atoms with van der Waals surface area (Å²) < 4.78 is 17.0. The Morgan fingerprint density at radius 3 is 2.80 bits per heavy atom. The van der Waals surface area contributed by atoms with E-state index in [2.05, 4.69) is 20.9 Å². The van der Waals surface area contributed by atoms with E-state index in [4.69, 9.17) is 23.8 Å². The Morgan fingerprint density at radius 1 is 1.30 bits per heavy atom. The summed E-state index contributed by atoms with van der Waals surface area (Å²) >= 11 is 14.6. The number of rotatable bonds is 1. The number of imidazole rings is 1. The molecule has 0 radical (unpaired) electrons. The van der Waals surface area contributed by atoms with Gasteiger partial charge in [0.15, 0.2) is 4.77 Å². The number of nitrogens with zero attached hydrogens (tertiary/aromatic N) is 1. The Morgan fingerprint density at radius 2 is 2.05 bits per heavy atom. The quantitative estimate of drug-likeness (QED) is 0.556. The van der Waals surface area contributed by atoms with Crippen LogP contribution in [0.5, 0.6) is 0 Å². The summed E-state index contributed by atoms with van der Waals surface area (Å²) in [6.07, 6.45) is 0. The van der Waals surface area contributed by atoms with Crippen LogP contribution >= 0.6 is 39.7 Å². The van der Waals surface area contributed by atoms with Gasteiger partial charge in [-0.1, -0.05) is 33.6 Å². The molecule has 6 heteroatoms. The average molecular weight is 372 g/mol. The zero-order valence-corrected chi connectivity index (χ0v) is 13.5. The minimum atomic E-state index is -0.463. The van der Waals surface area contributed by atoms with Gasteiger partial charge in [-0.3, -0.25) is 4.57 Å². The molecule has 20 heavy (non-hydrogen) atoms.